The Bertz CT molecular complexity index is 670. The van der Waals surface area contributed by atoms with Crippen LogP contribution in [0.25, 0.3) is 0 Å². The van der Waals surface area contributed by atoms with Gasteiger partial charge in [-0.15, -0.1) is 0 Å². The molecule has 0 aromatic heterocycles. The maximum Gasteiger partial charge on any atom is 0.251 e. The molecular formula is C17H21N3O4. The first-order valence-electron chi connectivity index (χ1n) is 8.32. The molecule has 0 bridgehead atoms. The summed E-state index contributed by atoms with van der Waals surface area (Å²) in [5.74, 6) is 0.948. The number of rotatable bonds is 2. The predicted molar refractivity (Wildman–Crippen MR) is 87.4 cm³/mol. The summed E-state index contributed by atoms with van der Waals surface area (Å²) in [5.41, 5.74) is 0.561. The molecule has 0 spiro atoms. The summed E-state index contributed by atoms with van der Waals surface area (Å²) >= 11 is 0. The van der Waals surface area contributed by atoms with Gasteiger partial charge in [0, 0.05) is 32.2 Å². The minimum Gasteiger partial charge on any atom is -0.486 e. The Kier molecular flexibility index (Phi) is 3.90. The zero-order valence-electron chi connectivity index (χ0n) is 13.7. The average molecular weight is 331 g/mol. The van der Waals surface area contributed by atoms with Crippen LogP contribution in [0, 0.1) is 0 Å². The van der Waals surface area contributed by atoms with Crippen molar-refractivity contribution in [3.63, 3.8) is 0 Å². The number of carbonyl (C=O) groups excluding carboxylic acids is 2. The van der Waals surface area contributed by atoms with Gasteiger partial charge in [-0.2, -0.15) is 0 Å². The van der Waals surface area contributed by atoms with Crippen molar-refractivity contribution < 1.29 is 19.1 Å². The minimum absolute atomic E-state index is 0.138. The van der Waals surface area contributed by atoms with Crippen LogP contribution in [0.15, 0.2) is 18.2 Å². The monoisotopic (exact) mass is 331 g/mol. The highest BCUT2D eigenvalue weighted by Crippen LogP contribution is 2.36. The molecule has 2 fully saturated rings. The van der Waals surface area contributed by atoms with Crippen molar-refractivity contribution in [2.75, 3.05) is 51.3 Å². The fourth-order valence-electron chi connectivity index (χ4n) is 3.48. The Morgan fingerprint density at radius 1 is 1.00 bits per heavy atom. The molecule has 1 aromatic rings. The molecule has 0 N–H and O–H groups in total. The molecule has 0 saturated carbocycles. The SMILES string of the molecule is CN1CCN([C@@H]2CC(=O)N(c3ccc4c(c3)OCCO4)C2=O)CC1. The van der Waals surface area contributed by atoms with Gasteiger partial charge >= 0.3 is 0 Å². The highest BCUT2D eigenvalue weighted by Gasteiger charge is 2.43. The molecule has 1 atom stereocenters. The summed E-state index contributed by atoms with van der Waals surface area (Å²) in [6.45, 7) is 4.45. The number of amides is 2. The number of piperazine rings is 1. The van der Waals surface area contributed by atoms with Crippen LogP contribution < -0.4 is 14.4 Å². The number of likely N-dealkylation sites (N-methyl/N-ethyl adjacent to an activating group) is 1. The number of nitrogens with zero attached hydrogens (tertiary/aromatic N) is 3. The van der Waals surface area contributed by atoms with Gasteiger partial charge in [-0.3, -0.25) is 14.5 Å². The van der Waals surface area contributed by atoms with E-state index in [1.807, 2.05) is 0 Å². The first kappa shape index (κ1) is 15.4. The molecule has 0 aliphatic carbocycles. The lowest BCUT2D eigenvalue weighted by Gasteiger charge is -2.35. The van der Waals surface area contributed by atoms with Crippen LogP contribution in [0.2, 0.25) is 0 Å². The Morgan fingerprint density at radius 2 is 1.71 bits per heavy atom. The number of hydrogen-bond donors (Lipinski definition) is 0. The molecule has 128 valence electrons. The second-order valence-corrected chi connectivity index (χ2v) is 6.45. The molecule has 3 aliphatic heterocycles. The number of carbonyl (C=O) groups is 2. The number of benzene rings is 1. The lowest BCUT2D eigenvalue weighted by atomic mass is 10.2. The van der Waals surface area contributed by atoms with Crippen molar-refractivity contribution in [3.8, 4) is 11.5 Å². The van der Waals surface area contributed by atoms with Crippen LogP contribution in [-0.2, 0) is 9.59 Å². The Balaban J connectivity index is 1.55. The van der Waals surface area contributed by atoms with E-state index in [0.29, 0.717) is 30.4 Å². The summed E-state index contributed by atoms with van der Waals surface area (Å²) < 4.78 is 11.1. The molecule has 0 unspecified atom stereocenters. The average Bonchev–Trinajstić information content (AvgIpc) is 2.90. The minimum atomic E-state index is -0.348. The molecule has 1 aromatic carbocycles. The zero-order valence-corrected chi connectivity index (χ0v) is 13.7. The van der Waals surface area contributed by atoms with E-state index < -0.39 is 0 Å². The first-order valence-corrected chi connectivity index (χ1v) is 8.32. The van der Waals surface area contributed by atoms with Gasteiger partial charge < -0.3 is 14.4 Å². The molecule has 2 amide bonds. The van der Waals surface area contributed by atoms with Gasteiger partial charge in [0.25, 0.3) is 5.91 Å². The molecule has 4 rings (SSSR count). The molecule has 7 heteroatoms. The Labute approximate surface area is 140 Å². The van der Waals surface area contributed by atoms with E-state index in [4.69, 9.17) is 9.47 Å². The van der Waals surface area contributed by atoms with Crippen LogP contribution in [0.4, 0.5) is 5.69 Å². The third-order valence-electron chi connectivity index (χ3n) is 4.89. The summed E-state index contributed by atoms with van der Waals surface area (Å²) in [7, 11) is 2.07. The largest absolute Gasteiger partial charge is 0.486 e. The van der Waals surface area contributed by atoms with Crippen molar-refractivity contribution in [3.05, 3.63) is 18.2 Å². The van der Waals surface area contributed by atoms with E-state index in [-0.39, 0.29) is 24.3 Å². The number of hydrogen-bond acceptors (Lipinski definition) is 6. The van der Waals surface area contributed by atoms with Gasteiger partial charge in [0.2, 0.25) is 5.91 Å². The number of ether oxygens (including phenoxy) is 2. The molecule has 3 heterocycles. The highest BCUT2D eigenvalue weighted by molar-refractivity contribution is 6.22. The topological polar surface area (TPSA) is 62.3 Å². The Morgan fingerprint density at radius 3 is 2.46 bits per heavy atom. The molecular weight excluding hydrogens is 310 g/mol. The predicted octanol–water partition coefficient (Wildman–Crippen LogP) is 0.337. The number of anilines is 1. The van der Waals surface area contributed by atoms with Crippen molar-refractivity contribution in [2.24, 2.45) is 0 Å². The van der Waals surface area contributed by atoms with Gasteiger partial charge in [0.1, 0.15) is 13.2 Å². The zero-order chi connectivity index (χ0) is 16.7. The highest BCUT2D eigenvalue weighted by atomic mass is 16.6. The molecule has 3 aliphatic rings. The second kappa shape index (κ2) is 6.07. The summed E-state index contributed by atoms with van der Waals surface area (Å²) in [5, 5.41) is 0. The van der Waals surface area contributed by atoms with Crippen molar-refractivity contribution in [2.45, 2.75) is 12.5 Å². The quantitative estimate of drug-likeness (QED) is 0.728. The van der Waals surface area contributed by atoms with E-state index in [1.54, 1.807) is 18.2 Å². The lowest BCUT2D eigenvalue weighted by molar-refractivity contribution is -0.123. The lowest BCUT2D eigenvalue weighted by Crippen LogP contribution is -2.51. The van der Waals surface area contributed by atoms with Crippen LogP contribution in [0.1, 0.15) is 6.42 Å². The van der Waals surface area contributed by atoms with Crippen molar-refractivity contribution >= 4 is 17.5 Å². The van der Waals surface area contributed by atoms with Gasteiger partial charge in [0.05, 0.1) is 18.2 Å². The van der Waals surface area contributed by atoms with Crippen LogP contribution in [0.5, 0.6) is 11.5 Å². The molecule has 24 heavy (non-hydrogen) atoms. The number of imide groups is 1. The van der Waals surface area contributed by atoms with Gasteiger partial charge in [-0.05, 0) is 19.2 Å². The second-order valence-electron chi connectivity index (χ2n) is 6.45. The van der Waals surface area contributed by atoms with Crippen molar-refractivity contribution in [1.82, 2.24) is 9.80 Å². The first-order chi connectivity index (χ1) is 11.6. The normalized spacial score (nSPS) is 25.4. The molecule has 2 saturated heterocycles. The molecule has 7 nitrogen and oxygen atoms in total. The van der Waals surface area contributed by atoms with Crippen LogP contribution in [0.3, 0.4) is 0 Å². The summed E-state index contributed by atoms with van der Waals surface area (Å²) in [6, 6.07) is 4.87. The van der Waals surface area contributed by atoms with E-state index in [0.717, 1.165) is 26.2 Å². The van der Waals surface area contributed by atoms with Crippen LogP contribution >= 0.6 is 0 Å². The molecule has 0 radical (unpaired) electrons. The smallest absolute Gasteiger partial charge is 0.251 e. The maximum atomic E-state index is 12.8. The fraction of sp³-hybridized carbons (Fsp3) is 0.529. The van der Waals surface area contributed by atoms with Gasteiger partial charge in [-0.25, -0.2) is 4.90 Å². The standard InChI is InChI=1S/C17H21N3O4/c1-18-4-6-19(7-5-18)13-11-16(21)20(17(13)22)12-2-3-14-15(10-12)24-9-8-23-14/h2-3,10,13H,4-9,11H2,1H3/t13-/m1/s1. The van der Waals surface area contributed by atoms with Crippen LogP contribution in [-0.4, -0.2) is 74.1 Å². The number of fused-ring (bicyclic) bond motifs is 1. The van der Waals surface area contributed by atoms with E-state index in [2.05, 4.69) is 16.8 Å². The third-order valence-corrected chi connectivity index (χ3v) is 4.89. The fourth-order valence-corrected chi connectivity index (χ4v) is 3.48. The summed E-state index contributed by atoms with van der Waals surface area (Å²) in [4.78, 5) is 31.0. The maximum absolute atomic E-state index is 12.8. The third kappa shape index (κ3) is 2.63. The van der Waals surface area contributed by atoms with Gasteiger partial charge in [-0.1, -0.05) is 0 Å². The van der Waals surface area contributed by atoms with Gasteiger partial charge in [0.15, 0.2) is 11.5 Å². The van der Waals surface area contributed by atoms with E-state index >= 15 is 0 Å². The Hall–Kier alpha value is -2.12. The van der Waals surface area contributed by atoms with E-state index in [9.17, 15) is 9.59 Å². The van der Waals surface area contributed by atoms with E-state index in [1.165, 1.54) is 4.90 Å². The van der Waals surface area contributed by atoms with Crippen molar-refractivity contribution in [1.29, 1.82) is 0 Å². The summed E-state index contributed by atoms with van der Waals surface area (Å²) in [6.07, 6.45) is 0.247.